The molecule has 1 N–H and O–H groups in total. The molecule has 0 bridgehead atoms. The Kier molecular flexibility index (Phi) is 5.35. The lowest BCUT2D eigenvalue weighted by Gasteiger charge is -2.25. The highest BCUT2D eigenvalue weighted by Gasteiger charge is 2.16. The molecular weight excluding hydrogens is 284 g/mol. The summed E-state index contributed by atoms with van der Waals surface area (Å²) in [5.41, 5.74) is 0. The maximum atomic E-state index is 11.9. The molecule has 0 unspecified atom stereocenters. The molecule has 5 nitrogen and oxygen atoms in total. The third kappa shape index (κ3) is 4.54. The first-order chi connectivity index (χ1) is 9.08. The second kappa shape index (κ2) is 6.81. The first-order valence-corrected chi connectivity index (χ1v) is 8.80. The summed E-state index contributed by atoms with van der Waals surface area (Å²) in [4.78, 5) is 10.5. The second-order valence-electron chi connectivity index (χ2n) is 4.70. The Balaban J connectivity index is 1.72. The number of aryl methyl sites for hydroxylation is 1. The Morgan fingerprint density at radius 1 is 1.32 bits per heavy atom. The molecule has 1 aliphatic rings. The van der Waals surface area contributed by atoms with Crippen LogP contribution in [-0.2, 0) is 14.9 Å². The van der Waals surface area contributed by atoms with Gasteiger partial charge in [0.2, 0.25) is 0 Å². The van der Waals surface area contributed by atoms with E-state index in [4.69, 9.17) is 4.84 Å². The number of hydrogen-bond acceptors (Lipinski definition) is 5. The predicted octanol–water partition coefficient (Wildman–Crippen LogP) is 1.75. The van der Waals surface area contributed by atoms with Gasteiger partial charge in [0.05, 0.1) is 6.61 Å². The first kappa shape index (κ1) is 14.9. The van der Waals surface area contributed by atoms with E-state index in [1.165, 1.54) is 30.6 Å². The molecule has 108 valence electrons. The Bertz CT molecular complexity index is 493. The van der Waals surface area contributed by atoms with Crippen molar-refractivity contribution >= 4 is 21.4 Å². The average Bonchev–Trinajstić information content (AvgIpc) is 2.84. The van der Waals surface area contributed by atoms with Crippen LogP contribution in [0.4, 0.5) is 0 Å². The van der Waals surface area contributed by atoms with Crippen molar-refractivity contribution < 1.29 is 13.3 Å². The lowest BCUT2D eigenvalue weighted by Crippen LogP contribution is -2.34. The summed E-state index contributed by atoms with van der Waals surface area (Å²) in [5, 5.41) is 0. The van der Waals surface area contributed by atoms with Gasteiger partial charge in [0.15, 0.2) is 0 Å². The van der Waals surface area contributed by atoms with Crippen LogP contribution in [-0.4, -0.2) is 39.6 Å². The van der Waals surface area contributed by atoms with Gasteiger partial charge in [-0.05, 0) is 45.0 Å². The highest BCUT2D eigenvalue weighted by Crippen LogP contribution is 2.20. The van der Waals surface area contributed by atoms with E-state index in [1.807, 2.05) is 6.92 Å². The summed E-state index contributed by atoms with van der Waals surface area (Å²) in [6.45, 7) is 5.19. The van der Waals surface area contributed by atoms with Crippen LogP contribution in [0, 0.1) is 6.92 Å². The molecule has 0 aromatic carbocycles. The molecule has 0 spiro atoms. The van der Waals surface area contributed by atoms with Crippen molar-refractivity contribution in [3.8, 4) is 0 Å². The molecule has 7 heteroatoms. The van der Waals surface area contributed by atoms with E-state index in [1.54, 1.807) is 12.1 Å². The van der Waals surface area contributed by atoms with Crippen LogP contribution in [0.3, 0.4) is 0 Å². The quantitative estimate of drug-likeness (QED) is 0.642. The molecule has 2 heterocycles. The van der Waals surface area contributed by atoms with Gasteiger partial charge in [-0.25, -0.2) is 8.42 Å². The van der Waals surface area contributed by atoms with Gasteiger partial charge in [-0.1, -0.05) is 11.3 Å². The van der Waals surface area contributed by atoms with Crippen molar-refractivity contribution in [3.05, 3.63) is 17.0 Å². The number of hydrogen-bond donors (Lipinski definition) is 1. The standard InChI is InChI=1S/C12H20N2O3S2/c1-11-5-6-12(18-11)19(15,16)13-17-10-9-14-7-3-2-4-8-14/h5-6,13H,2-4,7-10H2,1H3. The lowest BCUT2D eigenvalue weighted by atomic mass is 10.1. The summed E-state index contributed by atoms with van der Waals surface area (Å²) in [6.07, 6.45) is 3.74. The zero-order valence-electron chi connectivity index (χ0n) is 11.1. The Hall–Kier alpha value is -0.470. The predicted molar refractivity (Wildman–Crippen MR) is 75.6 cm³/mol. The maximum absolute atomic E-state index is 11.9. The van der Waals surface area contributed by atoms with Gasteiger partial charge >= 0.3 is 0 Å². The van der Waals surface area contributed by atoms with E-state index in [0.717, 1.165) is 24.5 Å². The minimum absolute atomic E-state index is 0.294. The molecule has 19 heavy (non-hydrogen) atoms. The van der Waals surface area contributed by atoms with Gasteiger partial charge in [-0.2, -0.15) is 0 Å². The van der Waals surface area contributed by atoms with E-state index in [-0.39, 0.29) is 0 Å². The number of thiophene rings is 1. The van der Waals surface area contributed by atoms with Crippen molar-refractivity contribution in [2.24, 2.45) is 0 Å². The topological polar surface area (TPSA) is 58.6 Å². The summed E-state index contributed by atoms with van der Waals surface area (Å²) in [5.74, 6) is 0. The zero-order chi connectivity index (χ0) is 13.7. The molecule has 1 fully saturated rings. The molecule has 0 atom stereocenters. The number of likely N-dealkylation sites (tertiary alicyclic amines) is 1. The van der Waals surface area contributed by atoms with Crippen molar-refractivity contribution in [1.82, 2.24) is 9.79 Å². The van der Waals surface area contributed by atoms with Crippen LogP contribution in [0.25, 0.3) is 0 Å². The van der Waals surface area contributed by atoms with Crippen LogP contribution in [0.2, 0.25) is 0 Å². The first-order valence-electron chi connectivity index (χ1n) is 6.50. The van der Waals surface area contributed by atoms with Crippen molar-refractivity contribution in [3.63, 3.8) is 0 Å². The van der Waals surface area contributed by atoms with Gasteiger partial charge in [0, 0.05) is 11.4 Å². The molecular formula is C12H20N2O3S2. The van der Waals surface area contributed by atoms with Crippen LogP contribution < -0.4 is 4.89 Å². The van der Waals surface area contributed by atoms with Crippen molar-refractivity contribution in [2.75, 3.05) is 26.2 Å². The van der Waals surface area contributed by atoms with Gasteiger partial charge in [-0.3, -0.25) is 4.84 Å². The van der Waals surface area contributed by atoms with Crippen LogP contribution in [0.5, 0.6) is 0 Å². The van der Waals surface area contributed by atoms with Crippen molar-refractivity contribution in [1.29, 1.82) is 0 Å². The molecule has 0 aliphatic carbocycles. The molecule has 0 radical (unpaired) electrons. The Morgan fingerprint density at radius 2 is 2.05 bits per heavy atom. The van der Waals surface area contributed by atoms with Gasteiger partial charge in [-0.15, -0.1) is 11.3 Å². The van der Waals surface area contributed by atoms with E-state index < -0.39 is 10.0 Å². The lowest BCUT2D eigenvalue weighted by molar-refractivity contribution is 0.0657. The number of piperidine rings is 1. The van der Waals surface area contributed by atoms with Gasteiger partial charge in [0.1, 0.15) is 4.21 Å². The zero-order valence-corrected chi connectivity index (χ0v) is 12.7. The average molecular weight is 304 g/mol. The van der Waals surface area contributed by atoms with Crippen molar-refractivity contribution in [2.45, 2.75) is 30.4 Å². The van der Waals surface area contributed by atoms with E-state index in [9.17, 15) is 8.42 Å². The molecule has 1 saturated heterocycles. The number of nitrogens with one attached hydrogen (secondary N) is 1. The fraction of sp³-hybridized carbons (Fsp3) is 0.667. The monoisotopic (exact) mass is 304 g/mol. The minimum atomic E-state index is -3.51. The molecule has 1 aliphatic heterocycles. The Labute approximate surface area is 118 Å². The summed E-state index contributed by atoms with van der Waals surface area (Å²) < 4.78 is 24.0. The highest BCUT2D eigenvalue weighted by molar-refractivity contribution is 7.91. The minimum Gasteiger partial charge on any atom is -0.301 e. The normalized spacial score (nSPS) is 17.7. The van der Waals surface area contributed by atoms with E-state index in [2.05, 4.69) is 9.79 Å². The van der Waals surface area contributed by atoms with Gasteiger partial charge < -0.3 is 4.90 Å². The maximum Gasteiger partial charge on any atom is 0.271 e. The third-order valence-corrected chi connectivity index (χ3v) is 5.81. The molecule has 1 aromatic rings. The van der Waals surface area contributed by atoms with Crippen LogP contribution >= 0.6 is 11.3 Å². The fourth-order valence-electron chi connectivity index (χ4n) is 2.07. The number of nitrogens with zero attached hydrogens (tertiary/aromatic N) is 1. The number of sulfonamides is 1. The molecule has 2 rings (SSSR count). The van der Waals surface area contributed by atoms with E-state index in [0.29, 0.717) is 10.8 Å². The summed E-state index contributed by atoms with van der Waals surface area (Å²) in [7, 11) is -3.51. The van der Waals surface area contributed by atoms with E-state index >= 15 is 0 Å². The second-order valence-corrected chi connectivity index (χ2v) is 7.86. The van der Waals surface area contributed by atoms with Crippen LogP contribution in [0.15, 0.2) is 16.3 Å². The Morgan fingerprint density at radius 3 is 2.68 bits per heavy atom. The molecule has 0 saturated carbocycles. The smallest absolute Gasteiger partial charge is 0.271 e. The molecule has 0 amide bonds. The highest BCUT2D eigenvalue weighted by atomic mass is 32.2. The van der Waals surface area contributed by atoms with Gasteiger partial charge in [0.25, 0.3) is 10.0 Å². The third-order valence-electron chi connectivity index (χ3n) is 3.11. The number of rotatable bonds is 6. The molecule has 1 aromatic heterocycles. The fourth-order valence-corrected chi connectivity index (χ4v) is 4.17. The largest absolute Gasteiger partial charge is 0.301 e. The SMILES string of the molecule is Cc1ccc(S(=O)(=O)NOCCN2CCCCC2)s1. The van der Waals surface area contributed by atoms with Crippen LogP contribution in [0.1, 0.15) is 24.1 Å². The summed E-state index contributed by atoms with van der Waals surface area (Å²) in [6, 6.07) is 3.38. The summed E-state index contributed by atoms with van der Waals surface area (Å²) >= 11 is 1.24.